The Labute approximate surface area is 127 Å². The lowest BCUT2D eigenvalue weighted by Gasteiger charge is -2.11. The second-order valence-electron chi connectivity index (χ2n) is 5.00. The SMILES string of the molecule is CC(C)NCc1ccc(Oc2cc(F)cc(F)c2)cc1Cl. The Balaban J connectivity index is 2.12. The number of ether oxygens (including phenoxy) is 1. The van der Waals surface area contributed by atoms with Crippen LogP contribution in [0.3, 0.4) is 0 Å². The van der Waals surface area contributed by atoms with Crippen molar-refractivity contribution in [1.82, 2.24) is 5.32 Å². The van der Waals surface area contributed by atoms with E-state index >= 15 is 0 Å². The Kier molecular flexibility index (Phi) is 5.15. The molecule has 0 aromatic heterocycles. The van der Waals surface area contributed by atoms with E-state index in [0.29, 0.717) is 23.4 Å². The van der Waals surface area contributed by atoms with Crippen molar-refractivity contribution >= 4 is 11.6 Å². The van der Waals surface area contributed by atoms with Crippen LogP contribution in [-0.4, -0.2) is 6.04 Å². The normalized spacial score (nSPS) is 11.0. The molecule has 0 radical (unpaired) electrons. The highest BCUT2D eigenvalue weighted by atomic mass is 35.5. The lowest BCUT2D eigenvalue weighted by atomic mass is 10.2. The summed E-state index contributed by atoms with van der Waals surface area (Å²) in [5.41, 5.74) is 0.933. The monoisotopic (exact) mass is 311 g/mol. The van der Waals surface area contributed by atoms with Crippen molar-refractivity contribution in [1.29, 1.82) is 0 Å². The van der Waals surface area contributed by atoms with Crippen molar-refractivity contribution in [3.05, 3.63) is 58.6 Å². The molecule has 0 aliphatic rings. The predicted octanol–water partition coefficient (Wildman–Crippen LogP) is 4.91. The summed E-state index contributed by atoms with van der Waals surface area (Å²) in [6, 6.07) is 8.54. The molecule has 0 fully saturated rings. The molecule has 0 aliphatic heterocycles. The van der Waals surface area contributed by atoms with E-state index in [1.54, 1.807) is 12.1 Å². The number of rotatable bonds is 5. The van der Waals surface area contributed by atoms with Gasteiger partial charge >= 0.3 is 0 Å². The van der Waals surface area contributed by atoms with Crippen LogP contribution >= 0.6 is 11.6 Å². The summed E-state index contributed by atoms with van der Waals surface area (Å²) >= 11 is 6.17. The lowest BCUT2D eigenvalue weighted by molar-refractivity contribution is 0.468. The summed E-state index contributed by atoms with van der Waals surface area (Å²) in [7, 11) is 0. The zero-order chi connectivity index (χ0) is 15.4. The molecular weight excluding hydrogens is 296 g/mol. The summed E-state index contributed by atoms with van der Waals surface area (Å²) in [6.07, 6.45) is 0. The fraction of sp³-hybridized carbons (Fsp3) is 0.250. The van der Waals surface area contributed by atoms with E-state index in [1.165, 1.54) is 0 Å². The zero-order valence-electron chi connectivity index (χ0n) is 11.8. The first-order valence-electron chi connectivity index (χ1n) is 6.60. The molecule has 2 aromatic carbocycles. The fourth-order valence-corrected chi connectivity index (χ4v) is 2.01. The smallest absolute Gasteiger partial charge is 0.133 e. The van der Waals surface area contributed by atoms with E-state index in [1.807, 2.05) is 19.9 Å². The first-order chi connectivity index (χ1) is 9.94. The van der Waals surface area contributed by atoms with Gasteiger partial charge in [0.25, 0.3) is 0 Å². The number of hydrogen-bond acceptors (Lipinski definition) is 2. The highest BCUT2D eigenvalue weighted by Crippen LogP contribution is 2.27. The van der Waals surface area contributed by atoms with Crippen molar-refractivity contribution in [2.75, 3.05) is 0 Å². The van der Waals surface area contributed by atoms with E-state index in [9.17, 15) is 8.78 Å². The van der Waals surface area contributed by atoms with Crippen molar-refractivity contribution in [3.8, 4) is 11.5 Å². The third kappa shape index (κ3) is 4.69. The third-order valence-corrected chi connectivity index (χ3v) is 3.15. The molecule has 1 N–H and O–H groups in total. The number of benzene rings is 2. The molecular formula is C16H16ClF2NO. The van der Waals surface area contributed by atoms with Gasteiger partial charge in [-0.25, -0.2) is 8.78 Å². The summed E-state index contributed by atoms with van der Waals surface area (Å²) < 4.78 is 31.6. The van der Waals surface area contributed by atoms with E-state index in [2.05, 4.69) is 5.32 Å². The molecule has 2 aromatic rings. The maximum absolute atomic E-state index is 13.1. The molecule has 0 amide bonds. The van der Waals surface area contributed by atoms with Gasteiger partial charge in [-0.3, -0.25) is 0 Å². The standard InChI is InChI=1S/C16H16ClF2NO/c1-10(2)20-9-11-3-4-14(8-16(11)17)21-15-6-12(18)5-13(19)7-15/h3-8,10,20H,9H2,1-2H3. The van der Waals surface area contributed by atoms with Crippen molar-refractivity contribution in [2.24, 2.45) is 0 Å². The Morgan fingerprint density at radius 1 is 1.05 bits per heavy atom. The van der Waals surface area contributed by atoms with Crippen LogP contribution in [0.15, 0.2) is 36.4 Å². The molecule has 112 valence electrons. The van der Waals surface area contributed by atoms with Crippen LogP contribution < -0.4 is 10.1 Å². The molecule has 0 spiro atoms. The molecule has 21 heavy (non-hydrogen) atoms. The van der Waals surface area contributed by atoms with Gasteiger partial charge in [0, 0.05) is 35.8 Å². The highest BCUT2D eigenvalue weighted by Gasteiger charge is 2.06. The molecule has 5 heteroatoms. The van der Waals surface area contributed by atoms with E-state index in [4.69, 9.17) is 16.3 Å². The van der Waals surface area contributed by atoms with Gasteiger partial charge in [0.1, 0.15) is 23.1 Å². The molecule has 0 saturated carbocycles. The van der Waals surface area contributed by atoms with Crippen LogP contribution in [0.25, 0.3) is 0 Å². The summed E-state index contributed by atoms with van der Waals surface area (Å²) in [5, 5.41) is 3.80. The fourth-order valence-electron chi connectivity index (χ4n) is 1.77. The van der Waals surface area contributed by atoms with Crippen LogP contribution in [0.5, 0.6) is 11.5 Å². The molecule has 0 bridgehead atoms. The minimum absolute atomic E-state index is 0.0941. The number of halogens is 3. The zero-order valence-corrected chi connectivity index (χ0v) is 12.5. The number of hydrogen-bond donors (Lipinski definition) is 1. The van der Waals surface area contributed by atoms with Crippen LogP contribution in [0.1, 0.15) is 19.4 Å². The third-order valence-electron chi connectivity index (χ3n) is 2.80. The quantitative estimate of drug-likeness (QED) is 0.847. The average Bonchev–Trinajstić information content (AvgIpc) is 2.36. The van der Waals surface area contributed by atoms with Crippen LogP contribution in [0, 0.1) is 11.6 Å². The van der Waals surface area contributed by atoms with Crippen LogP contribution in [-0.2, 0) is 6.54 Å². The largest absolute Gasteiger partial charge is 0.457 e. The molecule has 2 nitrogen and oxygen atoms in total. The van der Waals surface area contributed by atoms with Gasteiger partial charge in [-0.15, -0.1) is 0 Å². The first kappa shape index (κ1) is 15.7. The molecule has 0 saturated heterocycles. The van der Waals surface area contributed by atoms with Gasteiger partial charge in [0.15, 0.2) is 0 Å². The van der Waals surface area contributed by atoms with Gasteiger partial charge in [-0.1, -0.05) is 31.5 Å². The maximum atomic E-state index is 13.1. The minimum atomic E-state index is -0.686. The average molecular weight is 312 g/mol. The highest BCUT2D eigenvalue weighted by molar-refractivity contribution is 6.31. The summed E-state index contributed by atoms with van der Waals surface area (Å²) in [4.78, 5) is 0. The topological polar surface area (TPSA) is 21.3 Å². The molecule has 0 atom stereocenters. The van der Waals surface area contributed by atoms with Crippen LogP contribution in [0.2, 0.25) is 5.02 Å². The second-order valence-corrected chi connectivity index (χ2v) is 5.40. The van der Waals surface area contributed by atoms with Crippen molar-refractivity contribution in [2.45, 2.75) is 26.4 Å². The Bertz CT molecular complexity index is 611. The van der Waals surface area contributed by atoms with Gasteiger partial charge in [0.2, 0.25) is 0 Å². The van der Waals surface area contributed by atoms with Gasteiger partial charge < -0.3 is 10.1 Å². The molecule has 0 unspecified atom stereocenters. The van der Waals surface area contributed by atoms with Gasteiger partial charge in [0.05, 0.1) is 0 Å². The molecule has 0 heterocycles. The van der Waals surface area contributed by atoms with E-state index in [-0.39, 0.29) is 5.75 Å². The lowest BCUT2D eigenvalue weighted by Crippen LogP contribution is -2.21. The summed E-state index contributed by atoms with van der Waals surface area (Å²) in [5.74, 6) is -0.849. The number of nitrogens with one attached hydrogen (secondary N) is 1. The predicted molar refractivity (Wildman–Crippen MR) is 79.9 cm³/mol. The molecule has 2 rings (SSSR count). The van der Waals surface area contributed by atoms with Crippen molar-refractivity contribution in [3.63, 3.8) is 0 Å². The van der Waals surface area contributed by atoms with E-state index in [0.717, 1.165) is 23.8 Å². The van der Waals surface area contributed by atoms with Gasteiger partial charge in [-0.05, 0) is 17.7 Å². The summed E-state index contributed by atoms with van der Waals surface area (Å²) in [6.45, 7) is 4.74. The second kappa shape index (κ2) is 6.87. The maximum Gasteiger partial charge on any atom is 0.133 e. The Morgan fingerprint density at radius 2 is 1.71 bits per heavy atom. The van der Waals surface area contributed by atoms with Crippen LogP contribution in [0.4, 0.5) is 8.78 Å². The Morgan fingerprint density at radius 3 is 2.29 bits per heavy atom. The van der Waals surface area contributed by atoms with Gasteiger partial charge in [-0.2, -0.15) is 0 Å². The minimum Gasteiger partial charge on any atom is -0.457 e. The molecule has 0 aliphatic carbocycles. The Hall–Kier alpha value is -1.65. The first-order valence-corrected chi connectivity index (χ1v) is 6.97. The van der Waals surface area contributed by atoms with Crippen molar-refractivity contribution < 1.29 is 13.5 Å². The van der Waals surface area contributed by atoms with E-state index < -0.39 is 11.6 Å².